The van der Waals surface area contributed by atoms with Crippen molar-refractivity contribution < 1.29 is 9.47 Å². The molecule has 1 saturated heterocycles. The van der Waals surface area contributed by atoms with E-state index in [-0.39, 0.29) is 0 Å². The summed E-state index contributed by atoms with van der Waals surface area (Å²) in [6.07, 6.45) is 6.45. The lowest BCUT2D eigenvalue weighted by atomic mass is 10.2. The number of ether oxygens (including phenoxy) is 2. The van der Waals surface area contributed by atoms with E-state index in [9.17, 15) is 0 Å². The molecule has 0 amide bonds. The molecular weight excluding hydrogens is 178 g/mol. The van der Waals surface area contributed by atoms with E-state index in [0.29, 0.717) is 6.10 Å². The van der Waals surface area contributed by atoms with Crippen molar-refractivity contribution in [2.24, 2.45) is 0 Å². The molecule has 3 heteroatoms. The zero-order chi connectivity index (χ0) is 10.1. The summed E-state index contributed by atoms with van der Waals surface area (Å²) in [6.45, 7) is 3.73. The Morgan fingerprint density at radius 1 is 1.36 bits per heavy atom. The SMILES string of the molecule is CNCCCCCOCC1CCCO1. The van der Waals surface area contributed by atoms with Gasteiger partial charge >= 0.3 is 0 Å². The minimum Gasteiger partial charge on any atom is -0.379 e. The molecule has 1 unspecified atom stereocenters. The fraction of sp³-hybridized carbons (Fsp3) is 1.00. The topological polar surface area (TPSA) is 30.5 Å². The van der Waals surface area contributed by atoms with Gasteiger partial charge in [0.2, 0.25) is 0 Å². The average Bonchev–Trinajstić information content (AvgIpc) is 2.69. The Morgan fingerprint density at radius 2 is 2.29 bits per heavy atom. The summed E-state index contributed by atoms with van der Waals surface area (Å²) in [5.74, 6) is 0. The van der Waals surface area contributed by atoms with E-state index in [1.807, 2.05) is 7.05 Å². The highest BCUT2D eigenvalue weighted by atomic mass is 16.5. The van der Waals surface area contributed by atoms with Gasteiger partial charge in [-0.1, -0.05) is 0 Å². The Bertz CT molecular complexity index is 124. The Balaban J connectivity index is 1.75. The smallest absolute Gasteiger partial charge is 0.0809 e. The number of hydrogen-bond acceptors (Lipinski definition) is 3. The quantitative estimate of drug-likeness (QED) is 0.605. The van der Waals surface area contributed by atoms with Crippen molar-refractivity contribution in [1.82, 2.24) is 5.32 Å². The average molecular weight is 201 g/mol. The maximum absolute atomic E-state index is 5.55. The molecule has 14 heavy (non-hydrogen) atoms. The number of unbranched alkanes of at least 4 members (excludes halogenated alkanes) is 2. The minimum atomic E-state index is 0.382. The van der Waals surface area contributed by atoms with Crippen LogP contribution in [0.5, 0.6) is 0 Å². The largest absolute Gasteiger partial charge is 0.379 e. The van der Waals surface area contributed by atoms with Crippen LogP contribution < -0.4 is 5.32 Å². The molecule has 0 aliphatic carbocycles. The maximum Gasteiger partial charge on any atom is 0.0809 e. The molecule has 84 valence electrons. The molecular formula is C11H23NO2. The van der Waals surface area contributed by atoms with Crippen LogP contribution in [0, 0.1) is 0 Å². The molecule has 1 aliphatic rings. The first-order valence-corrected chi connectivity index (χ1v) is 5.77. The van der Waals surface area contributed by atoms with Gasteiger partial charge in [0.1, 0.15) is 0 Å². The van der Waals surface area contributed by atoms with E-state index < -0.39 is 0 Å². The summed E-state index contributed by atoms with van der Waals surface area (Å²) in [4.78, 5) is 0. The van der Waals surface area contributed by atoms with Crippen molar-refractivity contribution in [1.29, 1.82) is 0 Å². The lowest BCUT2D eigenvalue weighted by Gasteiger charge is -2.09. The van der Waals surface area contributed by atoms with Crippen molar-refractivity contribution in [3.63, 3.8) is 0 Å². The summed E-state index contributed by atoms with van der Waals surface area (Å²) in [5.41, 5.74) is 0. The zero-order valence-corrected chi connectivity index (χ0v) is 9.26. The van der Waals surface area contributed by atoms with Gasteiger partial charge in [-0.2, -0.15) is 0 Å². The third-order valence-electron chi connectivity index (χ3n) is 2.54. The summed E-state index contributed by atoms with van der Waals surface area (Å²) in [7, 11) is 1.99. The van der Waals surface area contributed by atoms with Crippen LogP contribution in [-0.2, 0) is 9.47 Å². The molecule has 1 atom stereocenters. The Kier molecular flexibility index (Phi) is 7.01. The predicted molar refractivity (Wildman–Crippen MR) is 57.6 cm³/mol. The van der Waals surface area contributed by atoms with Gasteiger partial charge in [0.15, 0.2) is 0 Å². The third-order valence-corrected chi connectivity index (χ3v) is 2.54. The molecule has 1 rings (SSSR count). The molecule has 0 radical (unpaired) electrons. The van der Waals surface area contributed by atoms with E-state index in [1.54, 1.807) is 0 Å². The van der Waals surface area contributed by atoms with E-state index in [0.717, 1.165) is 26.4 Å². The molecule has 1 heterocycles. The molecule has 0 aromatic carbocycles. The highest BCUT2D eigenvalue weighted by molar-refractivity contribution is 4.63. The second kappa shape index (κ2) is 8.21. The highest BCUT2D eigenvalue weighted by Gasteiger charge is 2.14. The normalized spacial score (nSPS) is 21.6. The van der Waals surface area contributed by atoms with Crippen LogP contribution >= 0.6 is 0 Å². The lowest BCUT2D eigenvalue weighted by molar-refractivity contribution is 0.0161. The highest BCUT2D eigenvalue weighted by Crippen LogP contribution is 2.12. The molecule has 0 aromatic heterocycles. The van der Waals surface area contributed by atoms with Gasteiger partial charge in [-0.05, 0) is 45.7 Å². The van der Waals surface area contributed by atoms with E-state index in [1.165, 1.54) is 32.1 Å². The molecule has 0 bridgehead atoms. The standard InChI is InChI=1S/C11H23NO2/c1-12-7-3-2-4-8-13-10-11-6-5-9-14-11/h11-12H,2-10H2,1H3. The first-order chi connectivity index (χ1) is 6.93. The van der Waals surface area contributed by atoms with Gasteiger partial charge in [0, 0.05) is 13.2 Å². The minimum absolute atomic E-state index is 0.382. The second-order valence-electron chi connectivity index (χ2n) is 3.87. The Labute approximate surface area is 87.2 Å². The van der Waals surface area contributed by atoms with Gasteiger partial charge in [0.25, 0.3) is 0 Å². The zero-order valence-electron chi connectivity index (χ0n) is 9.26. The van der Waals surface area contributed by atoms with Crippen molar-refractivity contribution >= 4 is 0 Å². The molecule has 1 fully saturated rings. The number of rotatable bonds is 8. The van der Waals surface area contributed by atoms with Crippen LogP contribution in [0.15, 0.2) is 0 Å². The van der Waals surface area contributed by atoms with E-state index >= 15 is 0 Å². The molecule has 1 aliphatic heterocycles. The summed E-state index contributed by atoms with van der Waals surface area (Å²) < 4.78 is 11.0. The van der Waals surface area contributed by atoms with Crippen molar-refractivity contribution in [3.8, 4) is 0 Å². The van der Waals surface area contributed by atoms with Crippen LogP contribution in [0.2, 0.25) is 0 Å². The van der Waals surface area contributed by atoms with Crippen molar-refractivity contribution in [2.75, 3.05) is 33.4 Å². The van der Waals surface area contributed by atoms with Crippen LogP contribution in [-0.4, -0.2) is 39.5 Å². The summed E-state index contributed by atoms with van der Waals surface area (Å²) in [5, 5.41) is 3.14. The maximum atomic E-state index is 5.55. The molecule has 0 aromatic rings. The lowest BCUT2D eigenvalue weighted by Crippen LogP contribution is -2.14. The fourth-order valence-electron chi connectivity index (χ4n) is 1.67. The van der Waals surface area contributed by atoms with Crippen molar-refractivity contribution in [2.45, 2.75) is 38.2 Å². The Hall–Kier alpha value is -0.120. The first-order valence-electron chi connectivity index (χ1n) is 5.77. The second-order valence-corrected chi connectivity index (χ2v) is 3.87. The van der Waals surface area contributed by atoms with E-state index in [4.69, 9.17) is 9.47 Å². The van der Waals surface area contributed by atoms with Gasteiger partial charge in [0.05, 0.1) is 12.7 Å². The fourth-order valence-corrected chi connectivity index (χ4v) is 1.67. The number of nitrogens with one attached hydrogen (secondary N) is 1. The monoisotopic (exact) mass is 201 g/mol. The molecule has 0 saturated carbocycles. The van der Waals surface area contributed by atoms with Crippen LogP contribution in [0.4, 0.5) is 0 Å². The Morgan fingerprint density at radius 3 is 3.00 bits per heavy atom. The van der Waals surface area contributed by atoms with Gasteiger partial charge in [-0.3, -0.25) is 0 Å². The third kappa shape index (κ3) is 5.58. The molecule has 1 N–H and O–H groups in total. The predicted octanol–water partition coefficient (Wildman–Crippen LogP) is 1.57. The summed E-state index contributed by atoms with van der Waals surface area (Å²) >= 11 is 0. The summed E-state index contributed by atoms with van der Waals surface area (Å²) in [6, 6.07) is 0. The van der Waals surface area contributed by atoms with Gasteiger partial charge < -0.3 is 14.8 Å². The van der Waals surface area contributed by atoms with Crippen LogP contribution in [0.3, 0.4) is 0 Å². The van der Waals surface area contributed by atoms with Gasteiger partial charge in [-0.25, -0.2) is 0 Å². The van der Waals surface area contributed by atoms with Crippen molar-refractivity contribution in [3.05, 3.63) is 0 Å². The molecule has 3 nitrogen and oxygen atoms in total. The first kappa shape index (κ1) is 12.0. The molecule has 0 spiro atoms. The van der Waals surface area contributed by atoms with Gasteiger partial charge in [-0.15, -0.1) is 0 Å². The number of hydrogen-bond donors (Lipinski definition) is 1. The van der Waals surface area contributed by atoms with Crippen LogP contribution in [0.1, 0.15) is 32.1 Å². The van der Waals surface area contributed by atoms with E-state index in [2.05, 4.69) is 5.32 Å². The van der Waals surface area contributed by atoms with Crippen LogP contribution in [0.25, 0.3) is 0 Å².